The Kier molecular flexibility index (Phi) is 52.9. The molecule has 4 nitrogen and oxygen atoms in total. The second kappa shape index (κ2) is 23.5. The van der Waals surface area contributed by atoms with E-state index >= 15 is 0 Å². The molecule has 0 aromatic carbocycles. The average Bonchev–Trinajstić information content (AvgIpc) is 1.89. The quantitative estimate of drug-likeness (QED) is 0.566. The van der Waals surface area contributed by atoms with Crippen molar-refractivity contribution in [2.75, 3.05) is 14.2 Å². The molecule has 75 valence electrons. The van der Waals surface area contributed by atoms with E-state index in [1.54, 1.807) is 0 Å². The third-order valence-electron chi connectivity index (χ3n) is 0.575. The molecule has 0 unspecified atom stereocenters. The van der Waals surface area contributed by atoms with Crippen LogP contribution in [0.15, 0.2) is 0 Å². The van der Waals surface area contributed by atoms with E-state index in [2.05, 4.69) is 9.47 Å². The molecule has 0 aliphatic rings. The molecule has 0 N–H and O–H groups in total. The van der Waals surface area contributed by atoms with Crippen LogP contribution in [0.3, 0.4) is 0 Å². The SMILES string of the molecule is COC(C)=O.COC(C)=O.[Co].[Y].[Y]. The topological polar surface area (TPSA) is 52.6 Å². The molecule has 0 atom stereocenters. The molecule has 3 radical (unpaired) electrons. The Morgan fingerprint density at radius 1 is 0.846 bits per heavy atom. The van der Waals surface area contributed by atoms with Crippen molar-refractivity contribution in [3.63, 3.8) is 0 Å². The fourth-order valence-electron chi connectivity index (χ4n) is 0. The Balaban J connectivity index is -0.0000000267. The third-order valence-corrected chi connectivity index (χ3v) is 0.575. The van der Waals surface area contributed by atoms with Crippen molar-refractivity contribution in [3.05, 3.63) is 0 Å². The van der Waals surface area contributed by atoms with Crippen molar-refractivity contribution >= 4 is 11.9 Å². The van der Waals surface area contributed by atoms with Crippen LogP contribution in [-0.4, -0.2) is 26.2 Å². The molecule has 0 saturated heterocycles. The fraction of sp³-hybridized carbons (Fsp3) is 0.667. The van der Waals surface area contributed by atoms with Gasteiger partial charge in [0, 0.05) is 96.0 Å². The number of carbonyl (C=O) groups is 2. The maximum Gasteiger partial charge on any atom is 0.302 e. The average molecular weight is 385 g/mol. The van der Waals surface area contributed by atoms with Gasteiger partial charge in [-0.15, -0.1) is 0 Å². The molecule has 0 aliphatic carbocycles. The van der Waals surface area contributed by atoms with Crippen molar-refractivity contribution in [1.82, 2.24) is 0 Å². The summed E-state index contributed by atoms with van der Waals surface area (Å²) < 4.78 is 8.22. The van der Waals surface area contributed by atoms with Crippen LogP contribution in [0.1, 0.15) is 13.8 Å². The van der Waals surface area contributed by atoms with Gasteiger partial charge in [0.15, 0.2) is 0 Å². The van der Waals surface area contributed by atoms with Crippen LogP contribution < -0.4 is 0 Å². The van der Waals surface area contributed by atoms with Gasteiger partial charge >= 0.3 is 11.9 Å². The Morgan fingerprint density at radius 2 is 0.923 bits per heavy atom. The first kappa shape index (κ1) is 29.3. The fourth-order valence-corrected chi connectivity index (χ4v) is 0. The Morgan fingerprint density at radius 3 is 0.923 bits per heavy atom. The number of esters is 2. The number of hydrogen-bond donors (Lipinski definition) is 0. The summed E-state index contributed by atoms with van der Waals surface area (Å²) in [6.07, 6.45) is 0. The van der Waals surface area contributed by atoms with E-state index in [1.807, 2.05) is 0 Å². The van der Waals surface area contributed by atoms with Crippen molar-refractivity contribution in [1.29, 1.82) is 0 Å². The van der Waals surface area contributed by atoms with Gasteiger partial charge in [0.1, 0.15) is 0 Å². The van der Waals surface area contributed by atoms with Gasteiger partial charge in [-0.1, -0.05) is 0 Å². The van der Waals surface area contributed by atoms with Crippen LogP contribution >= 0.6 is 0 Å². The number of hydrogen-bond acceptors (Lipinski definition) is 4. The predicted molar refractivity (Wildman–Crippen MR) is 35.4 cm³/mol. The summed E-state index contributed by atoms with van der Waals surface area (Å²) in [4.78, 5) is 19.2. The zero-order chi connectivity index (χ0) is 8.57. The molecule has 0 bridgehead atoms. The summed E-state index contributed by atoms with van der Waals surface area (Å²) in [5.41, 5.74) is 0. The molecular weight excluding hydrogens is 373 g/mol. The van der Waals surface area contributed by atoms with Crippen LogP contribution in [0.2, 0.25) is 0 Å². The first-order valence-corrected chi connectivity index (χ1v) is 2.63. The van der Waals surface area contributed by atoms with Gasteiger partial charge < -0.3 is 9.47 Å². The summed E-state index contributed by atoms with van der Waals surface area (Å²) in [6, 6.07) is 0. The zero-order valence-electron chi connectivity index (χ0n) is 8.12. The van der Waals surface area contributed by atoms with Crippen LogP contribution in [0.5, 0.6) is 0 Å². The molecule has 7 heteroatoms. The van der Waals surface area contributed by atoms with Crippen LogP contribution in [0.25, 0.3) is 0 Å². The summed E-state index contributed by atoms with van der Waals surface area (Å²) in [5, 5.41) is 0. The maximum atomic E-state index is 9.59. The Hall–Kier alpha value is 1.65. The predicted octanol–water partition coefficient (Wildman–Crippen LogP) is 0.351. The van der Waals surface area contributed by atoms with E-state index in [-0.39, 0.29) is 94.1 Å². The molecule has 0 aromatic rings. The molecule has 0 fully saturated rings. The van der Waals surface area contributed by atoms with Gasteiger partial charge in [-0.2, -0.15) is 0 Å². The first-order valence-electron chi connectivity index (χ1n) is 2.63. The number of ether oxygens (including phenoxy) is 2. The normalized spacial score (nSPS) is 5.23. The van der Waals surface area contributed by atoms with E-state index in [1.165, 1.54) is 28.1 Å². The van der Waals surface area contributed by atoms with Crippen molar-refractivity contribution in [2.24, 2.45) is 0 Å². The summed E-state index contributed by atoms with van der Waals surface area (Å²) in [6.45, 7) is 2.72. The summed E-state index contributed by atoms with van der Waals surface area (Å²) in [5.74, 6) is -0.491. The van der Waals surface area contributed by atoms with Gasteiger partial charge in [0.25, 0.3) is 0 Å². The molecule has 13 heavy (non-hydrogen) atoms. The van der Waals surface area contributed by atoms with Crippen LogP contribution in [0.4, 0.5) is 0 Å². The molecular formula is C6H12CoO4Y2. The zero-order valence-corrected chi connectivity index (χ0v) is 14.8. The van der Waals surface area contributed by atoms with E-state index in [9.17, 15) is 9.59 Å². The molecule has 0 aromatic heterocycles. The standard InChI is InChI=1S/2C3H6O2.Co.2Y/c2*1-3(4)5-2;;;/h2*1-2H3;;;. The van der Waals surface area contributed by atoms with E-state index in [0.717, 1.165) is 0 Å². The Bertz CT molecular complexity index is 107. The number of methoxy groups -OCH3 is 2. The maximum absolute atomic E-state index is 9.59. The molecule has 0 spiro atoms. The van der Waals surface area contributed by atoms with Gasteiger partial charge in [-0.05, 0) is 0 Å². The first-order chi connectivity index (χ1) is 4.54. The second-order valence-corrected chi connectivity index (χ2v) is 1.39. The molecule has 0 amide bonds. The van der Waals surface area contributed by atoms with Gasteiger partial charge in [0.2, 0.25) is 0 Å². The van der Waals surface area contributed by atoms with Crippen LogP contribution in [-0.2, 0) is 101 Å². The van der Waals surface area contributed by atoms with Crippen molar-refractivity contribution < 1.29 is 101 Å². The van der Waals surface area contributed by atoms with Gasteiger partial charge in [0.05, 0.1) is 14.2 Å². The Labute approximate surface area is 139 Å². The number of carbonyl (C=O) groups excluding carboxylic acids is 2. The van der Waals surface area contributed by atoms with Gasteiger partial charge in [-0.25, -0.2) is 0 Å². The smallest absolute Gasteiger partial charge is 0.302 e. The monoisotopic (exact) mass is 385 g/mol. The number of rotatable bonds is 0. The van der Waals surface area contributed by atoms with Crippen molar-refractivity contribution in [2.45, 2.75) is 13.8 Å². The minimum Gasteiger partial charge on any atom is -0.469 e. The third kappa shape index (κ3) is 58.0. The largest absolute Gasteiger partial charge is 0.469 e. The van der Waals surface area contributed by atoms with Gasteiger partial charge in [-0.3, -0.25) is 9.59 Å². The van der Waals surface area contributed by atoms with E-state index < -0.39 is 0 Å². The minimum absolute atomic E-state index is 0. The molecule has 0 rings (SSSR count). The van der Waals surface area contributed by atoms with E-state index in [0.29, 0.717) is 0 Å². The van der Waals surface area contributed by atoms with E-state index in [4.69, 9.17) is 0 Å². The van der Waals surface area contributed by atoms with Crippen molar-refractivity contribution in [3.8, 4) is 0 Å². The van der Waals surface area contributed by atoms with Crippen LogP contribution in [0, 0.1) is 0 Å². The second-order valence-electron chi connectivity index (χ2n) is 1.39. The molecule has 0 aliphatic heterocycles. The molecule has 0 heterocycles. The summed E-state index contributed by atoms with van der Waals surface area (Å²) in [7, 11) is 2.70. The summed E-state index contributed by atoms with van der Waals surface area (Å²) >= 11 is 0. The molecule has 0 saturated carbocycles. The minimum atomic E-state index is -0.245.